The first-order valence-corrected chi connectivity index (χ1v) is 20.7. The van der Waals surface area contributed by atoms with E-state index in [0.717, 1.165) is 13.3 Å². The summed E-state index contributed by atoms with van der Waals surface area (Å²) < 4.78 is 41.6. The maximum Gasteiger partial charge on any atom is 0.170 e. The maximum absolute atomic E-state index is 12.5. The van der Waals surface area contributed by atoms with Gasteiger partial charge in [-0.1, -0.05) is 6.08 Å². The summed E-state index contributed by atoms with van der Waals surface area (Å²) in [6, 6.07) is 0. The second-order valence-electron chi connectivity index (χ2n) is 8.90. The van der Waals surface area contributed by atoms with Gasteiger partial charge in [-0.05, 0) is 52.6 Å². The van der Waals surface area contributed by atoms with E-state index in [2.05, 4.69) is 52.4 Å². The number of halogens is 2. The minimum atomic E-state index is -4.22. The zero-order chi connectivity index (χ0) is 20.5. The quantitative estimate of drug-likeness (QED) is 0.274. The van der Waals surface area contributed by atoms with Crippen LogP contribution in [0.4, 0.5) is 8.39 Å². The van der Waals surface area contributed by atoms with Gasteiger partial charge in [0.05, 0.1) is 7.14 Å². The van der Waals surface area contributed by atoms with Crippen LogP contribution in [0.1, 0.15) is 0 Å². The monoisotopic (exact) mass is 438 g/mol. The molecule has 0 bridgehead atoms. The van der Waals surface area contributed by atoms with Crippen LogP contribution >= 0.6 is 14.4 Å². The van der Waals surface area contributed by atoms with Crippen LogP contribution < -0.4 is 0 Å². The van der Waals surface area contributed by atoms with Gasteiger partial charge in [-0.2, -0.15) is 0 Å². The Morgan fingerprint density at radius 2 is 1.28 bits per heavy atom. The van der Waals surface area contributed by atoms with E-state index in [9.17, 15) is 13.0 Å². The summed E-state index contributed by atoms with van der Waals surface area (Å²) in [4.78, 5) is 0. The van der Waals surface area contributed by atoms with E-state index in [4.69, 9.17) is 4.12 Å². The third kappa shape index (κ3) is 51.6. The third-order valence-corrected chi connectivity index (χ3v) is 9.11. The largest absolute Gasteiger partial charge is 0.456 e. The second-order valence-corrected chi connectivity index (χ2v) is 26.2. The van der Waals surface area contributed by atoms with Crippen molar-refractivity contribution in [3.8, 4) is 0 Å². The molecule has 0 fully saturated rings. The van der Waals surface area contributed by atoms with Crippen molar-refractivity contribution in [1.29, 1.82) is 0 Å². The summed E-state index contributed by atoms with van der Waals surface area (Å²) >= 11 is 0. The molecule has 0 aromatic heterocycles. The standard InChI is InChI=1S/C6H18OSi2.C5H11F2P.C5H11OP.H2O/c1-8(2,3)7-9(4,5)6;1-4-5-8(2,3,6)7;1-4-5-7(2,3)6;/h1-6H3;4H,1,5H2,2-3H3;4H,1,5H2,2-3H3;1H2. The van der Waals surface area contributed by atoms with E-state index in [-0.39, 0.29) is 11.6 Å². The van der Waals surface area contributed by atoms with Crippen LogP contribution in [0.25, 0.3) is 0 Å². The van der Waals surface area contributed by atoms with Crippen molar-refractivity contribution in [3.05, 3.63) is 25.3 Å². The molecule has 0 saturated heterocycles. The van der Waals surface area contributed by atoms with Crippen LogP contribution in [-0.4, -0.2) is 61.1 Å². The molecule has 156 valence electrons. The Balaban J connectivity index is -0.000000131. The van der Waals surface area contributed by atoms with Gasteiger partial charge in [-0.3, -0.25) is 0 Å². The fourth-order valence-electron chi connectivity index (χ4n) is 1.59. The van der Waals surface area contributed by atoms with Gasteiger partial charge in [-0.25, -0.2) is 0 Å². The third-order valence-electron chi connectivity index (χ3n) is 1.81. The Morgan fingerprint density at radius 3 is 1.28 bits per heavy atom. The zero-order valence-corrected chi connectivity index (χ0v) is 21.7. The molecule has 0 aliphatic rings. The molecule has 0 amide bonds. The van der Waals surface area contributed by atoms with Gasteiger partial charge in [0, 0.05) is 6.16 Å². The molecule has 3 nitrogen and oxygen atoms in total. The molecule has 0 unspecified atom stereocenters. The molecule has 0 saturated carbocycles. The van der Waals surface area contributed by atoms with Gasteiger partial charge in [0.25, 0.3) is 0 Å². The van der Waals surface area contributed by atoms with Crippen LogP contribution in [0, 0.1) is 0 Å². The fraction of sp³-hybridized carbons (Fsp3) is 0.750. The Hall–Kier alpha value is 0.354. The fourth-order valence-corrected chi connectivity index (χ4v) is 10.3. The first kappa shape index (κ1) is 33.0. The summed E-state index contributed by atoms with van der Waals surface area (Å²) in [5.74, 6) is 0. The Labute approximate surface area is 157 Å². The van der Waals surface area contributed by atoms with Crippen molar-refractivity contribution in [3.63, 3.8) is 0 Å². The van der Waals surface area contributed by atoms with Crippen molar-refractivity contribution < 1.29 is 22.6 Å². The number of allylic oxidation sites excluding steroid dienone is 2. The van der Waals surface area contributed by atoms with E-state index in [1.165, 1.54) is 6.08 Å². The zero-order valence-electron chi connectivity index (χ0n) is 17.9. The van der Waals surface area contributed by atoms with Crippen LogP contribution in [0.3, 0.4) is 0 Å². The van der Waals surface area contributed by atoms with Gasteiger partial charge >= 0.3 is 47.8 Å². The SMILES string of the molecule is C=CCP(C)(C)(F)F.C=CCP(C)(C)=O.C[Si](C)(C)O[Si](C)(C)C.O. The van der Waals surface area contributed by atoms with E-state index < -0.39 is 31.0 Å². The van der Waals surface area contributed by atoms with Gasteiger partial charge in [-0.15, -0.1) is 6.58 Å². The molecule has 0 atom stereocenters. The van der Waals surface area contributed by atoms with Crippen LogP contribution in [0.2, 0.25) is 39.3 Å². The van der Waals surface area contributed by atoms with Gasteiger partial charge in [0.2, 0.25) is 0 Å². The van der Waals surface area contributed by atoms with E-state index in [0.29, 0.717) is 6.16 Å². The van der Waals surface area contributed by atoms with Crippen LogP contribution in [0.15, 0.2) is 25.3 Å². The second kappa shape index (κ2) is 11.9. The summed E-state index contributed by atoms with van der Waals surface area (Å²) in [5, 5.41) is 0. The minimum Gasteiger partial charge on any atom is -0.456 e. The predicted octanol–water partition coefficient (Wildman–Crippen LogP) is 6.40. The molecule has 2 N–H and O–H groups in total. The maximum atomic E-state index is 12.5. The van der Waals surface area contributed by atoms with Crippen molar-refractivity contribution in [1.82, 2.24) is 0 Å². The number of rotatable bonds is 6. The van der Waals surface area contributed by atoms with Crippen molar-refractivity contribution in [2.45, 2.75) is 39.3 Å². The topological polar surface area (TPSA) is 57.8 Å². The molecular weight excluding hydrogens is 396 g/mol. The Bertz CT molecular complexity index is 410. The average Bonchev–Trinajstić information content (AvgIpc) is 2.06. The smallest absolute Gasteiger partial charge is 0.170 e. The Morgan fingerprint density at radius 1 is 0.960 bits per heavy atom. The molecule has 0 aliphatic heterocycles. The van der Waals surface area contributed by atoms with Gasteiger partial charge in [0.1, 0.15) is 0 Å². The molecular formula is C16H42F2O3P2Si2. The first-order chi connectivity index (χ1) is 10.1. The van der Waals surface area contributed by atoms with Crippen LogP contribution in [0.5, 0.6) is 0 Å². The summed E-state index contributed by atoms with van der Waals surface area (Å²) in [7, 11) is -8.47. The Kier molecular flexibility index (Phi) is 15.7. The normalized spacial score (nSPS) is 13.5. The average molecular weight is 439 g/mol. The van der Waals surface area contributed by atoms with E-state index >= 15 is 0 Å². The summed E-state index contributed by atoms with van der Waals surface area (Å²) in [6.07, 6.45) is 3.50. The molecule has 0 aromatic carbocycles. The van der Waals surface area contributed by atoms with Crippen LogP contribution in [-0.2, 0) is 8.68 Å². The van der Waals surface area contributed by atoms with Gasteiger partial charge < -0.3 is 14.2 Å². The van der Waals surface area contributed by atoms with Crippen molar-refractivity contribution >= 4 is 31.0 Å². The molecule has 25 heavy (non-hydrogen) atoms. The van der Waals surface area contributed by atoms with E-state index in [1.807, 2.05) is 0 Å². The van der Waals surface area contributed by atoms with Crippen molar-refractivity contribution in [2.24, 2.45) is 0 Å². The number of hydrogen-bond donors (Lipinski definition) is 0. The minimum absolute atomic E-state index is 0. The molecule has 0 aliphatic carbocycles. The van der Waals surface area contributed by atoms with E-state index in [1.54, 1.807) is 19.4 Å². The molecule has 0 rings (SSSR count). The van der Waals surface area contributed by atoms with Gasteiger partial charge in [0.15, 0.2) is 16.6 Å². The first-order valence-electron chi connectivity index (χ1n) is 7.98. The number of hydrogen-bond acceptors (Lipinski definition) is 2. The molecule has 0 radical (unpaired) electrons. The van der Waals surface area contributed by atoms with Crippen molar-refractivity contribution in [2.75, 3.05) is 39.0 Å². The predicted molar refractivity (Wildman–Crippen MR) is 122 cm³/mol. The molecule has 9 heteroatoms. The molecule has 0 spiro atoms. The summed E-state index contributed by atoms with van der Waals surface area (Å²) in [6.45, 7) is 25.7. The summed E-state index contributed by atoms with van der Waals surface area (Å²) in [5.41, 5.74) is 0. The molecule has 0 aromatic rings. The molecule has 0 heterocycles.